The maximum Gasteiger partial charge on any atom is 0.0604 e. The molecule has 0 aliphatic rings. The Labute approximate surface area is 189 Å². The first-order chi connectivity index (χ1) is 15.7. The molecule has 164 valence electrons. The van der Waals surface area contributed by atoms with Crippen LogP contribution in [0.5, 0.6) is 0 Å². The summed E-state index contributed by atoms with van der Waals surface area (Å²) in [5, 5.41) is 1.28. The Morgan fingerprint density at radius 2 is 1.91 bits per heavy atom. The standard InChI is InChI=1S/C27H31N5/c1-4-21(3)27-18-28-12-7-8-23(24-14-20(2)15-29-16-24)19-32(27)31-13-11-22-17-30-26-10-6-5-9-25(22)26/h5-10,12,14-19,21,30-31H,4,11,13H2,1-3H3. The van der Waals surface area contributed by atoms with Gasteiger partial charge in [0.15, 0.2) is 0 Å². The van der Waals surface area contributed by atoms with Crippen LogP contribution in [-0.2, 0) is 6.42 Å². The Balaban J connectivity index is 1.70. The van der Waals surface area contributed by atoms with Crippen molar-refractivity contribution in [1.82, 2.24) is 19.6 Å². The maximum atomic E-state index is 4.53. The van der Waals surface area contributed by atoms with Gasteiger partial charge in [-0.2, -0.15) is 0 Å². The number of pyridine rings is 1. The molecule has 0 aliphatic carbocycles. The molecule has 0 aliphatic heterocycles. The highest BCUT2D eigenvalue weighted by Gasteiger charge is 2.09. The van der Waals surface area contributed by atoms with Crippen molar-refractivity contribution in [3.63, 3.8) is 0 Å². The quantitative estimate of drug-likeness (QED) is 0.373. The maximum absolute atomic E-state index is 4.53. The molecule has 3 aromatic heterocycles. The van der Waals surface area contributed by atoms with Crippen LogP contribution in [0, 0.1) is 6.92 Å². The summed E-state index contributed by atoms with van der Waals surface area (Å²) < 4.78 is 2.15. The van der Waals surface area contributed by atoms with Gasteiger partial charge in [0, 0.05) is 65.8 Å². The van der Waals surface area contributed by atoms with E-state index in [2.05, 4.69) is 94.6 Å². The van der Waals surface area contributed by atoms with Crippen molar-refractivity contribution < 1.29 is 0 Å². The molecular weight excluding hydrogens is 394 g/mol. The highest BCUT2D eigenvalue weighted by molar-refractivity contribution is 5.83. The van der Waals surface area contributed by atoms with Gasteiger partial charge in [0.1, 0.15) is 0 Å². The summed E-state index contributed by atoms with van der Waals surface area (Å²) in [5.41, 5.74) is 10.6. The van der Waals surface area contributed by atoms with Crippen LogP contribution in [-0.4, -0.2) is 26.2 Å². The highest BCUT2D eigenvalue weighted by atomic mass is 15.4. The van der Waals surface area contributed by atoms with Crippen molar-refractivity contribution in [3.05, 3.63) is 96.5 Å². The third kappa shape index (κ3) is 4.99. The molecule has 0 bridgehead atoms. The number of nitrogens with one attached hydrogen (secondary N) is 2. The number of nitrogens with zero attached hydrogens (tertiary/aromatic N) is 3. The van der Waals surface area contributed by atoms with E-state index in [1.165, 1.54) is 16.5 Å². The van der Waals surface area contributed by atoms with Gasteiger partial charge in [-0.05, 0) is 55.0 Å². The average Bonchev–Trinajstić information content (AvgIpc) is 3.25. The number of benzene rings is 1. The summed E-state index contributed by atoms with van der Waals surface area (Å²) in [7, 11) is 0. The van der Waals surface area contributed by atoms with Gasteiger partial charge in [-0.15, -0.1) is 0 Å². The number of fused-ring (bicyclic) bond motifs is 1. The zero-order valence-corrected chi connectivity index (χ0v) is 19.0. The molecule has 5 heteroatoms. The molecule has 32 heavy (non-hydrogen) atoms. The predicted molar refractivity (Wildman–Crippen MR) is 133 cm³/mol. The minimum Gasteiger partial charge on any atom is -0.361 e. The van der Waals surface area contributed by atoms with Gasteiger partial charge in [-0.1, -0.05) is 38.1 Å². The largest absolute Gasteiger partial charge is 0.361 e. The van der Waals surface area contributed by atoms with E-state index < -0.39 is 0 Å². The van der Waals surface area contributed by atoms with E-state index in [-0.39, 0.29) is 0 Å². The number of hydrogen-bond donors (Lipinski definition) is 2. The Hall–Kier alpha value is -3.60. The lowest BCUT2D eigenvalue weighted by molar-refractivity contribution is 0.648. The molecule has 0 fully saturated rings. The third-order valence-electron chi connectivity index (χ3n) is 5.88. The Morgan fingerprint density at radius 1 is 1.03 bits per heavy atom. The summed E-state index contributed by atoms with van der Waals surface area (Å²) in [4.78, 5) is 12.3. The Morgan fingerprint density at radius 3 is 2.75 bits per heavy atom. The van der Waals surface area contributed by atoms with Gasteiger partial charge < -0.3 is 10.4 Å². The normalized spacial score (nSPS) is 11.8. The lowest BCUT2D eigenvalue weighted by Gasteiger charge is -2.18. The minimum absolute atomic E-state index is 0.360. The first-order valence-electron chi connectivity index (χ1n) is 11.3. The predicted octanol–water partition coefficient (Wildman–Crippen LogP) is 6.16. The summed E-state index contributed by atoms with van der Waals surface area (Å²) in [5.74, 6) is 0.360. The highest BCUT2D eigenvalue weighted by Crippen LogP contribution is 2.21. The number of H-pyrrole nitrogens is 1. The third-order valence-corrected chi connectivity index (χ3v) is 5.88. The van der Waals surface area contributed by atoms with Crippen molar-refractivity contribution in [2.75, 3.05) is 12.0 Å². The molecule has 0 spiro atoms. The second-order valence-electron chi connectivity index (χ2n) is 8.24. The molecule has 3 heterocycles. The first-order valence-corrected chi connectivity index (χ1v) is 11.3. The van der Waals surface area contributed by atoms with Crippen LogP contribution in [0.15, 0.2) is 79.6 Å². The topological polar surface area (TPSA) is 58.5 Å². The first kappa shape index (κ1) is 21.6. The van der Waals surface area contributed by atoms with Crippen molar-refractivity contribution in [2.45, 2.75) is 39.5 Å². The van der Waals surface area contributed by atoms with Crippen molar-refractivity contribution in [1.29, 1.82) is 0 Å². The van der Waals surface area contributed by atoms with Crippen molar-refractivity contribution in [2.24, 2.45) is 0 Å². The molecule has 5 nitrogen and oxygen atoms in total. The molecule has 1 aromatic carbocycles. The van der Waals surface area contributed by atoms with Crippen LogP contribution < -0.4 is 5.43 Å². The van der Waals surface area contributed by atoms with Crippen molar-refractivity contribution >= 4 is 10.9 Å². The molecule has 0 amide bonds. The number of hydrogen-bond acceptors (Lipinski definition) is 3. The van der Waals surface area contributed by atoms with Crippen LogP contribution in [0.2, 0.25) is 0 Å². The van der Waals surface area contributed by atoms with Gasteiger partial charge in [0.25, 0.3) is 0 Å². The molecule has 0 saturated heterocycles. The van der Waals surface area contributed by atoms with E-state index >= 15 is 0 Å². The molecule has 0 radical (unpaired) electrons. The van der Waals surface area contributed by atoms with Gasteiger partial charge in [-0.25, -0.2) is 0 Å². The second kappa shape index (κ2) is 10.1. The number of rotatable bonds is 7. The summed E-state index contributed by atoms with van der Waals surface area (Å²) in [6.07, 6.45) is 13.8. The van der Waals surface area contributed by atoms with Gasteiger partial charge in [0.05, 0.1) is 5.69 Å². The molecular formula is C27H31N5. The monoisotopic (exact) mass is 425 g/mol. The molecule has 4 aromatic rings. The van der Waals surface area contributed by atoms with Gasteiger partial charge >= 0.3 is 0 Å². The van der Waals surface area contributed by atoms with E-state index in [9.17, 15) is 0 Å². The second-order valence-corrected chi connectivity index (χ2v) is 8.24. The van der Waals surface area contributed by atoms with E-state index in [1.807, 2.05) is 30.9 Å². The number of aryl methyl sites for hydroxylation is 1. The van der Waals surface area contributed by atoms with Gasteiger partial charge in [-0.3, -0.25) is 14.6 Å². The Bertz CT molecular complexity index is 1240. The molecule has 2 N–H and O–H groups in total. The zero-order valence-electron chi connectivity index (χ0n) is 19.0. The molecule has 4 rings (SSSR count). The van der Waals surface area contributed by atoms with Crippen LogP contribution in [0.4, 0.5) is 0 Å². The van der Waals surface area contributed by atoms with Gasteiger partial charge in [0.2, 0.25) is 0 Å². The number of aromatic nitrogens is 4. The van der Waals surface area contributed by atoms with Crippen molar-refractivity contribution in [3.8, 4) is 11.1 Å². The zero-order chi connectivity index (χ0) is 22.3. The van der Waals surface area contributed by atoms with Crippen LogP contribution in [0.3, 0.4) is 0 Å². The molecule has 1 atom stereocenters. The molecule has 1 unspecified atom stereocenters. The Kier molecular flexibility index (Phi) is 6.85. The fraction of sp³-hybridized carbons (Fsp3) is 0.259. The van der Waals surface area contributed by atoms with E-state index in [1.54, 1.807) is 0 Å². The fourth-order valence-electron chi connectivity index (χ4n) is 3.88. The summed E-state index contributed by atoms with van der Waals surface area (Å²) >= 11 is 0. The lowest BCUT2D eigenvalue weighted by atomic mass is 10.1. The van der Waals surface area contributed by atoms with E-state index in [0.29, 0.717) is 5.92 Å². The van der Waals surface area contributed by atoms with E-state index in [0.717, 1.165) is 41.8 Å². The SMILES string of the molecule is CCC(C)c1cncccc(-c2cncc(C)c2)cn1NCCc1c[nH]c2ccccc12. The molecule has 0 saturated carbocycles. The average molecular weight is 426 g/mol. The number of aromatic amines is 1. The fourth-order valence-corrected chi connectivity index (χ4v) is 3.88. The smallest absolute Gasteiger partial charge is 0.0604 e. The summed E-state index contributed by atoms with van der Waals surface area (Å²) in [6.45, 7) is 7.32. The van der Waals surface area contributed by atoms with Crippen LogP contribution in [0.25, 0.3) is 22.0 Å². The summed E-state index contributed by atoms with van der Waals surface area (Å²) in [6, 6.07) is 14.7. The minimum atomic E-state index is 0.360. The van der Waals surface area contributed by atoms with Crippen LogP contribution >= 0.6 is 0 Å². The lowest BCUT2D eigenvalue weighted by Crippen LogP contribution is -2.21. The number of para-hydroxylation sites is 1. The van der Waals surface area contributed by atoms with Crippen LogP contribution in [0.1, 0.15) is 43.0 Å². The van der Waals surface area contributed by atoms with E-state index in [4.69, 9.17) is 0 Å².